The van der Waals surface area contributed by atoms with Crippen molar-refractivity contribution in [2.24, 2.45) is 5.90 Å². The summed E-state index contributed by atoms with van der Waals surface area (Å²) in [5.41, 5.74) is 0. The van der Waals surface area contributed by atoms with Gasteiger partial charge in [0.05, 0.1) is 6.61 Å². The topological polar surface area (TPSA) is 125 Å². The van der Waals surface area contributed by atoms with Crippen molar-refractivity contribution in [1.29, 1.82) is 0 Å². The molecule has 13 heavy (non-hydrogen) atoms. The van der Waals surface area contributed by atoms with Gasteiger partial charge < -0.3 is 25.2 Å². The summed E-state index contributed by atoms with van der Waals surface area (Å²) in [4.78, 5) is 4.27. The number of nitrogens with two attached hydrogens (primary N) is 1. The third-order valence-electron chi connectivity index (χ3n) is 2.00. The lowest BCUT2D eigenvalue weighted by atomic mass is 9.99. The van der Waals surface area contributed by atoms with Gasteiger partial charge in [-0.3, -0.25) is 4.84 Å². The average molecular weight is 195 g/mol. The third-order valence-corrected chi connectivity index (χ3v) is 2.00. The van der Waals surface area contributed by atoms with Crippen LogP contribution in [0.15, 0.2) is 0 Å². The third kappa shape index (κ3) is 1.97. The van der Waals surface area contributed by atoms with E-state index in [2.05, 4.69) is 9.57 Å². The van der Waals surface area contributed by atoms with Gasteiger partial charge in [0, 0.05) is 0 Å². The van der Waals surface area contributed by atoms with Crippen molar-refractivity contribution in [2.45, 2.75) is 30.7 Å². The summed E-state index contributed by atoms with van der Waals surface area (Å²) in [6.07, 6.45) is -6.39. The fourth-order valence-electron chi connectivity index (χ4n) is 1.23. The Labute approximate surface area is 74.3 Å². The molecule has 0 aromatic heterocycles. The molecule has 0 aromatic rings. The Morgan fingerprint density at radius 3 is 2.31 bits per heavy atom. The van der Waals surface area contributed by atoms with Crippen molar-refractivity contribution >= 4 is 0 Å². The summed E-state index contributed by atoms with van der Waals surface area (Å²) in [5, 5.41) is 36.3. The second kappa shape index (κ2) is 4.29. The molecule has 1 aliphatic heterocycles. The number of aliphatic hydroxyl groups excluding tert-OH is 4. The molecule has 7 nitrogen and oxygen atoms in total. The molecule has 7 heteroatoms. The zero-order valence-corrected chi connectivity index (χ0v) is 6.78. The molecule has 78 valence electrons. The highest BCUT2D eigenvalue weighted by Gasteiger charge is 2.44. The number of ether oxygens (including phenoxy) is 1. The first-order chi connectivity index (χ1) is 6.11. The molecule has 1 saturated heterocycles. The molecule has 0 saturated carbocycles. The zero-order valence-electron chi connectivity index (χ0n) is 6.78. The van der Waals surface area contributed by atoms with Crippen molar-refractivity contribution in [3.8, 4) is 0 Å². The standard InChI is InChI=1S/C6H13NO6/c7-13-5-3(9)2(1-8)12-6(11)4(5)10/h2-6,8-11H,1,7H2/t2-,3-,4-,5+,6?/m1/s1. The van der Waals surface area contributed by atoms with Crippen molar-refractivity contribution in [1.82, 2.24) is 0 Å². The molecule has 0 aromatic carbocycles. The van der Waals surface area contributed by atoms with Gasteiger partial charge in [-0.15, -0.1) is 0 Å². The van der Waals surface area contributed by atoms with E-state index in [0.717, 1.165) is 0 Å². The normalized spacial score (nSPS) is 46.4. The molecule has 0 spiro atoms. The van der Waals surface area contributed by atoms with E-state index in [-0.39, 0.29) is 0 Å². The van der Waals surface area contributed by atoms with Gasteiger partial charge in [-0.1, -0.05) is 0 Å². The minimum atomic E-state index is -1.52. The van der Waals surface area contributed by atoms with Crippen LogP contribution in [0.2, 0.25) is 0 Å². The number of rotatable bonds is 2. The maximum absolute atomic E-state index is 9.36. The predicted molar refractivity (Wildman–Crippen MR) is 39.0 cm³/mol. The lowest BCUT2D eigenvalue weighted by Gasteiger charge is -2.38. The van der Waals surface area contributed by atoms with Crippen LogP contribution >= 0.6 is 0 Å². The number of hydrogen-bond acceptors (Lipinski definition) is 7. The fourth-order valence-corrected chi connectivity index (χ4v) is 1.23. The van der Waals surface area contributed by atoms with Gasteiger partial charge in [0.25, 0.3) is 0 Å². The van der Waals surface area contributed by atoms with Crippen LogP contribution in [0.4, 0.5) is 0 Å². The molecule has 6 N–H and O–H groups in total. The lowest BCUT2D eigenvalue weighted by Crippen LogP contribution is -2.60. The molecular formula is C6H13NO6. The maximum atomic E-state index is 9.36. The van der Waals surface area contributed by atoms with Gasteiger partial charge in [-0.05, 0) is 0 Å². The molecule has 5 atom stereocenters. The lowest BCUT2D eigenvalue weighted by molar-refractivity contribution is -0.295. The van der Waals surface area contributed by atoms with Gasteiger partial charge in [-0.2, -0.15) is 0 Å². The Morgan fingerprint density at radius 1 is 1.23 bits per heavy atom. The van der Waals surface area contributed by atoms with Crippen LogP contribution in [0.5, 0.6) is 0 Å². The second-order valence-electron chi connectivity index (χ2n) is 2.83. The van der Waals surface area contributed by atoms with E-state index in [9.17, 15) is 10.2 Å². The molecule has 0 radical (unpaired) electrons. The first kappa shape index (κ1) is 10.8. The highest BCUT2D eigenvalue weighted by Crippen LogP contribution is 2.20. The van der Waals surface area contributed by atoms with Crippen LogP contribution in [-0.4, -0.2) is 57.7 Å². The summed E-state index contributed by atoms with van der Waals surface area (Å²) in [6.45, 7) is -0.495. The maximum Gasteiger partial charge on any atom is 0.184 e. The molecule has 0 bridgehead atoms. The summed E-state index contributed by atoms with van der Waals surface area (Å²) < 4.78 is 4.66. The smallest absolute Gasteiger partial charge is 0.184 e. The molecule has 1 heterocycles. The van der Waals surface area contributed by atoms with E-state index in [1.165, 1.54) is 0 Å². The first-order valence-electron chi connectivity index (χ1n) is 3.78. The van der Waals surface area contributed by atoms with Crippen LogP contribution < -0.4 is 5.90 Å². The zero-order chi connectivity index (χ0) is 10.0. The number of aliphatic hydroxyl groups is 4. The summed E-state index contributed by atoms with van der Waals surface area (Å²) in [7, 11) is 0. The van der Waals surface area contributed by atoms with Gasteiger partial charge in [-0.25, -0.2) is 5.90 Å². The van der Waals surface area contributed by atoms with Gasteiger partial charge in [0.15, 0.2) is 6.29 Å². The summed E-state index contributed by atoms with van der Waals surface area (Å²) in [6, 6.07) is 0. The van der Waals surface area contributed by atoms with Crippen molar-refractivity contribution in [3.05, 3.63) is 0 Å². The molecule has 0 amide bonds. The minimum Gasteiger partial charge on any atom is -0.394 e. The van der Waals surface area contributed by atoms with E-state index < -0.39 is 37.3 Å². The summed E-state index contributed by atoms with van der Waals surface area (Å²) in [5.74, 6) is 4.79. The Morgan fingerprint density at radius 2 is 1.85 bits per heavy atom. The van der Waals surface area contributed by atoms with Crippen LogP contribution in [0.3, 0.4) is 0 Å². The van der Waals surface area contributed by atoms with Crippen LogP contribution in [-0.2, 0) is 9.57 Å². The van der Waals surface area contributed by atoms with Gasteiger partial charge >= 0.3 is 0 Å². The van der Waals surface area contributed by atoms with Crippen LogP contribution in [0.25, 0.3) is 0 Å². The van der Waals surface area contributed by atoms with E-state index in [1.807, 2.05) is 0 Å². The van der Waals surface area contributed by atoms with Crippen molar-refractivity contribution < 1.29 is 30.0 Å². The highest BCUT2D eigenvalue weighted by atomic mass is 16.7. The monoisotopic (exact) mass is 195 g/mol. The van der Waals surface area contributed by atoms with Crippen LogP contribution in [0.1, 0.15) is 0 Å². The van der Waals surface area contributed by atoms with Crippen molar-refractivity contribution in [2.75, 3.05) is 6.61 Å². The summed E-state index contributed by atoms with van der Waals surface area (Å²) >= 11 is 0. The quantitative estimate of drug-likeness (QED) is 0.292. The molecule has 1 fully saturated rings. The Bertz CT molecular complexity index is 167. The fraction of sp³-hybridized carbons (Fsp3) is 1.00. The van der Waals surface area contributed by atoms with E-state index >= 15 is 0 Å². The highest BCUT2D eigenvalue weighted by molar-refractivity contribution is 4.88. The Balaban J connectivity index is 2.69. The molecule has 1 aliphatic rings. The largest absolute Gasteiger partial charge is 0.394 e. The number of hydrogen-bond donors (Lipinski definition) is 5. The minimum absolute atomic E-state index is 0.495. The molecule has 1 unspecified atom stereocenters. The molecular weight excluding hydrogens is 182 g/mol. The van der Waals surface area contributed by atoms with E-state index in [4.69, 9.17) is 16.1 Å². The van der Waals surface area contributed by atoms with Crippen LogP contribution in [0, 0.1) is 0 Å². The Kier molecular flexibility index (Phi) is 3.56. The van der Waals surface area contributed by atoms with E-state index in [1.54, 1.807) is 0 Å². The SMILES string of the molecule is NO[C@H]1[C@H](O)[C@@H](CO)OC(O)[C@@H]1O. The second-order valence-corrected chi connectivity index (χ2v) is 2.83. The van der Waals surface area contributed by atoms with Crippen molar-refractivity contribution in [3.63, 3.8) is 0 Å². The predicted octanol–water partition coefficient (Wildman–Crippen LogP) is -3.32. The molecule has 0 aliphatic carbocycles. The first-order valence-corrected chi connectivity index (χ1v) is 3.78. The van der Waals surface area contributed by atoms with Gasteiger partial charge in [0.2, 0.25) is 0 Å². The van der Waals surface area contributed by atoms with E-state index in [0.29, 0.717) is 0 Å². The Hall–Kier alpha value is -0.280. The van der Waals surface area contributed by atoms with Gasteiger partial charge in [0.1, 0.15) is 24.4 Å². The molecule has 1 rings (SSSR count). The average Bonchev–Trinajstić information content (AvgIpc) is 2.12.